The third kappa shape index (κ3) is 2.84. The third-order valence-electron chi connectivity index (χ3n) is 2.24. The summed E-state index contributed by atoms with van der Waals surface area (Å²) in [5, 5.41) is 3.98. The van der Waals surface area contributed by atoms with Crippen LogP contribution in [0, 0.1) is 0 Å². The maximum absolute atomic E-state index is 11.9. The van der Waals surface area contributed by atoms with Crippen LogP contribution in [0.5, 0.6) is 0 Å². The van der Waals surface area contributed by atoms with Crippen LogP contribution >= 0.6 is 0 Å². The van der Waals surface area contributed by atoms with E-state index in [4.69, 9.17) is 5.73 Å². The van der Waals surface area contributed by atoms with Gasteiger partial charge in [0.1, 0.15) is 6.33 Å². The van der Waals surface area contributed by atoms with E-state index in [-0.39, 0.29) is 11.4 Å². The Labute approximate surface area is 105 Å². The smallest absolute Gasteiger partial charge is 0.241 e. The van der Waals surface area contributed by atoms with Crippen molar-refractivity contribution in [3.63, 3.8) is 0 Å². The molecular weight excluding hydrogens is 254 g/mol. The summed E-state index contributed by atoms with van der Waals surface area (Å²) in [6, 6.07) is 6.08. The first-order chi connectivity index (χ1) is 8.47. The molecule has 7 nitrogen and oxygen atoms in total. The van der Waals surface area contributed by atoms with Gasteiger partial charge in [0, 0.05) is 12.7 Å². The number of aryl methyl sites for hydroxylation is 1. The summed E-state index contributed by atoms with van der Waals surface area (Å²) >= 11 is 0. The number of anilines is 1. The van der Waals surface area contributed by atoms with Crippen molar-refractivity contribution >= 4 is 15.7 Å². The fourth-order valence-electron chi connectivity index (χ4n) is 1.39. The Morgan fingerprint density at radius 3 is 2.83 bits per heavy atom. The molecular formula is C10H13N5O2S. The number of nitrogens with one attached hydrogen (secondary N) is 1. The lowest BCUT2D eigenvalue weighted by molar-refractivity contribution is 0.578. The van der Waals surface area contributed by atoms with Crippen LogP contribution < -0.4 is 10.5 Å². The Morgan fingerprint density at radius 2 is 2.22 bits per heavy atom. The number of benzene rings is 1. The number of hydrogen-bond donors (Lipinski definition) is 2. The fourth-order valence-corrected chi connectivity index (χ4v) is 2.42. The predicted octanol–water partition coefficient (Wildman–Crippen LogP) is -0.124. The minimum Gasteiger partial charge on any atom is -0.399 e. The first-order valence-electron chi connectivity index (χ1n) is 5.17. The number of hydrogen-bond acceptors (Lipinski definition) is 5. The van der Waals surface area contributed by atoms with Crippen LogP contribution in [0.15, 0.2) is 35.5 Å². The number of nitrogens with two attached hydrogens (primary N) is 1. The SMILES string of the molecule is Cn1cnc(CNS(=O)(=O)c2cccc(N)c2)n1. The molecule has 0 radical (unpaired) electrons. The zero-order valence-corrected chi connectivity index (χ0v) is 10.6. The molecule has 1 heterocycles. The maximum Gasteiger partial charge on any atom is 0.241 e. The third-order valence-corrected chi connectivity index (χ3v) is 3.63. The molecule has 1 aromatic heterocycles. The number of rotatable bonds is 4. The quantitative estimate of drug-likeness (QED) is 0.751. The van der Waals surface area contributed by atoms with E-state index in [1.54, 1.807) is 19.2 Å². The molecule has 0 aliphatic rings. The highest BCUT2D eigenvalue weighted by atomic mass is 32.2. The molecule has 0 saturated carbocycles. The minimum absolute atomic E-state index is 0.0397. The Morgan fingerprint density at radius 1 is 1.44 bits per heavy atom. The second kappa shape index (κ2) is 4.75. The predicted molar refractivity (Wildman–Crippen MR) is 65.9 cm³/mol. The molecule has 18 heavy (non-hydrogen) atoms. The van der Waals surface area contributed by atoms with Gasteiger partial charge in [-0.2, -0.15) is 5.10 Å². The van der Waals surface area contributed by atoms with Gasteiger partial charge in [0.05, 0.1) is 11.4 Å². The number of nitrogen functional groups attached to an aromatic ring is 1. The van der Waals surface area contributed by atoms with Gasteiger partial charge in [-0.3, -0.25) is 4.68 Å². The molecule has 0 fully saturated rings. The number of nitrogens with zero attached hydrogens (tertiary/aromatic N) is 3. The monoisotopic (exact) mass is 267 g/mol. The molecule has 3 N–H and O–H groups in total. The number of aromatic nitrogens is 3. The Kier molecular flexibility index (Phi) is 3.30. The molecule has 2 rings (SSSR count). The van der Waals surface area contributed by atoms with E-state index in [0.29, 0.717) is 11.5 Å². The highest BCUT2D eigenvalue weighted by Crippen LogP contribution is 2.12. The molecule has 96 valence electrons. The van der Waals surface area contributed by atoms with Crippen molar-refractivity contribution in [2.75, 3.05) is 5.73 Å². The van der Waals surface area contributed by atoms with Gasteiger partial charge in [-0.15, -0.1) is 0 Å². The largest absolute Gasteiger partial charge is 0.399 e. The van der Waals surface area contributed by atoms with Gasteiger partial charge >= 0.3 is 0 Å². The Hall–Kier alpha value is -1.93. The Bertz CT molecular complexity index is 650. The molecule has 0 aliphatic heterocycles. The molecule has 0 bridgehead atoms. The zero-order valence-electron chi connectivity index (χ0n) is 9.74. The van der Waals surface area contributed by atoms with E-state index in [2.05, 4.69) is 14.8 Å². The highest BCUT2D eigenvalue weighted by Gasteiger charge is 2.14. The molecule has 8 heteroatoms. The summed E-state index contributed by atoms with van der Waals surface area (Å²) in [5.41, 5.74) is 5.94. The lowest BCUT2D eigenvalue weighted by atomic mass is 10.3. The van der Waals surface area contributed by atoms with Gasteiger partial charge in [0.25, 0.3) is 0 Å². The van der Waals surface area contributed by atoms with Crippen LogP contribution in [-0.4, -0.2) is 23.2 Å². The van der Waals surface area contributed by atoms with Crippen molar-refractivity contribution in [1.82, 2.24) is 19.5 Å². The molecule has 0 amide bonds. The summed E-state index contributed by atoms with van der Waals surface area (Å²) in [6.07, 6.45) is 1.50. The first kappa shape index (κ1) is 12.5. The summed E-state index contributed by atoms with van der Waals surface area (Å²) < 4.78 is 27.8. The van der Waals surface area contributed by atoms with Crippen LogP contribution in [0.2, 0.25) is 0 Å². The summed E-state index contributed by atoms with van der Waals surface area (Å²) in [6.45, 7) is 0.0397. The second-order valence-corrected chi connectivity index (χ2v) is 5.50. The summed E-state index contributed by atoms with van der Waals surface area (Å²) in [4.78, 5) is 4.05. The van der Waals surface area contributed by atoms with Gasteiger partial charge in [0.2, 0.25) is 10.0 Å². The standard InChI is InChI=1S/C10H13N5O2S/c1-15-7-12-10(14-15)6-13-18(16,17)9-4-2-3-8(11)5-9/h2-5,7,13H,6,11H2,1H3. The van der Waals surface area contributed by atoms with Gasteiger partial charge in [-0.25, -0.2) is 18.1 Å². The fraction of sp³-hybridized carbons (Fsp3) is 0.200. The molecule has 0 aliphatic carbocycles. The maximum atomic E-state index is 11.9. The topological polar surface area (TPSA) is 103 Å². The minimum atomic E-state index is -3.59. The highest BCUT2D eigenvalue weighted by molar-refractivity contribution is 7.89. The van der Waals surface area contributed by atoms with Gasteiger partial charge < -0.3 is 5.73 Å². The normalized spacial score (nSPS) is 11.6. The van der Waals surface area contributed by atoms with Crippen LogP contribution in [0.25, 0.3) is 0 Å². The van der Waals surface area contributed by atoms with E-state index < -0.39 is 10.0 Å². The van der Waals surface area contributed by atoms with Gasteiger partial charge in [-0.05, 0) is 18.2 Å². The average Bonchev–Trinajstić information content (AvgIpc) is 2.73. The lowest BCUT2D eigenvalue weighted by Gasteiger charge is -2.05. The molecule has 0 saturated heterocycles. The second-order valence-electron chi connectivity index (χ2n) is 3.73. The first-order valence-corrected chi connectivity index (χ1v) is 6.65. The van der Waals surface area contributed by atoms with E-state index in [1.807, 2.05) is 0 Å². The van der Waals surface area contributed by atoms with Crippen molar-refractivity contribution in [2.24, 2.45) is 7.05 Å². The van der Waals surface area contributed by atoms with Crippen molar-refractivity contribution in [2.45, 2.75) is 11.4 Å². The van der Waals surface area contributed by atoms with E-state index >= 15 is 0 Å². The van der Waals surface area contributed by atoms with Crippen LogP contribution in [0.3, 0.4) is 0 Å². The molecule has 0 atom stereocenters. The van der Waals surface area contributed by atoms with Crippen LogP contribution in [0.4, 0.5) is 5.69 Å². The molecule has 2 aromatic rings. The van der Waals surface area contributed by atoms with Crippen LogP contribution in [-0.2, 0) is 23.6 Å². The zero-order chi connectivity index (χ0) is 13.2. The summed E-state index contributed by atoms with van der Waals surface area (Å²) in [7, 11) is -1.88. The molecule has 0 spiro atoms. The van der Waals surface area contributed by atoms with Crippen molar-refractivity contribution in [1.29, 1.82) is 0 Å². The van der Waals surface area contributed by atoms with Crippen LogP contribution in [0.1, 0.15) is 5.82 Å². The van der Waals surface area contributed by atoms with Crippen molar-refractivity contribution < 1.29 is 8.42 Å². The van der Waals surface area contributed by atoms with Gasteiger partial charge in [0.15, 0.2) is 5.82 Å². The molecule has 0 unspecified atom stereocenters. The Balaban J connectivity index is 2.13. The van der Waals surface area contributed by atoms with Gasteiger partial charge in [-0.1, -0.05) is 6.07 Å². The van der Waals surface area contributed by atoms with E-state index in [9.17, 15) is 8.42 Å². The van der Waals surface area contributed by atoms with E-state index in [0.717, 1.165) is 0 Å². The number of sulfonamides is 1. The lowest BCUT2D eigenvalue weighted by Crippen LogP contribution is -2.24. The van der Waals surface area contributed by atoms with E-state index in [1.165, 1.54) is 23.1 Å². The molecule has 1 aromatic carbocycles. The summed E-state index contributed by atoms with van der Waals surface area (Å²) in [5.74, 6) is 0.407. The van der Waals surface area contributed by atoms with Crippen molar-refractivity contribution in [3.05, 3.63) is 36.4 Å². The van der Waals surface area contributed by atoms with Crippen molar-refractivity contribution in [3.8, 4) is 0 Å². The average molecular weight is 267 g/mol.